The molecule has 0 fully saturated rings. The van der Waals surface area contributed by atoms with Gasteiger partial charge in [0.15, 0.2) is 0 Å². The molecule has 3 rings (SSSR count). The van der Waals surface area contributed by atoms with Gasteiger partial charge in [-0.1, -0.05) is 48.8 Å². The smallest absolute Gasteiger partial charge is 0.0140 e. The van der Waals surface area contributed by atoms with Crippen molar-refractivity contribution in [3.63, 3.8) is 0 Å². The van der Waals surface area contributed by atoms with E-state index in [-0.39, 0.29) is 0 Å². The lowest BCUT2D eigenvalue weighted by atomic mass is 9.71. The molecule has 0 N–H and O–H groups in total. The minimum atomic E-state index is 0.716. The standard InChI is InChI=1S/C19H28/c1-12(2)19-8-13(3)7-18(14(19)4)11-15-9-16-5-6-17(16)10-15/h7,13-15,19H,1,5-6,8-11H2,2-4H3. The van der Waals surface area contributed by atoms with Gasteiger partial charge in [-0.3, -0.25) is 0 Å². The van der Waals surface area contributed by atoms with E-state index >= 15 is 0 Å². The molecule has 3 unspecified atom stereocenters. The Hall–Kier alpha value is -0.780. The maximum absolute atomic E-state index is 4.23. The fourth-order valence-corrected chi connectivity index (χ4v) is 4.55. The zero-order valence-corrected chi connectivity index (χ0v) is 12.8. The summed E-state index contributed by atoms with van der Waals surface area (Å²) in [5, 5.41) is 0. The highest BCUT2D eigenvalue weighted by molar-refractivity contribution is 5.31. The molecule has 0 saturated carbocycles. The first-order valence-electron chi connectivity index (χ1n) is 8.10. The van der Waals surface area contributed by atoms with Gasteiger partial charge in [0.1, 0.15) is 0 Å². The Morgan fingerprint density at radius 2 is 1.84 bits per heavy atom. The average molecular weight is 256 g/mol. The second kappa shape index (κ2) is 4.96. The summed E-state index contributed by atoms with van der Waals surface area (Å²) in [4.78, 5) is 0. The molecule has 0 saturated heterocycles. The van der Waals surface area contributed by atoms with E-state index in [1.165, 1.54) is 44.1 Å². The first-order valence-corrected chi connectivity index (χ1v) is 8.10. The summed E-state index contributed by atoms with van der Waals surface area (Å²) in [5.74, 6) is 3.11. The Labute approximate surface area is 118 Å². The van der Waals surface area contributed by atoms with E-state index < -0.39 is 0 Å². The zero-order chi connectivity index (χ0) is 13.6. The van der Waals surface area contributed by atoms with Crippen molar-refractivity contribution in [1.82, 2.24) is 0 Å². The second-order valence-electron chi connectivity index (χ2n) is 7.38. The highest BCUT2D eigenvalue weighted by atomic mass is 14.4. The van der Waals surface area contributed by atoms with Crippen molar-refractivity contribution >= 4 is 0 Å². The lowest BCUT2D eigenvalue weighted by Crippen LogP contribution is -2.23. The monoisotopic (exact) mass is 256 g/mol. The molecule has 3 aliphatic carbocycles. The van der Waals surface area contributed by atoms with Crippen molar-refractivity contribution in [1.29, 1.82) is 0 Å². The molecule has 0 nitrogen and oxygen atoms in total. The summed E-state index contributed by atoms with van der Waals surface area (Å²) < 4.78 is 0. The molecular formula is C19H28. The molecule has 0 heterocycles. The molecule has 0 aliphatic heterocycles. The largest absolute Gasteiger partial charge is 0.0998 e. The first-order chi connectivity index (χ1) is 9.04. The summed E-state index contributed by atoms with van der Waals surface area (Å²) >= 11 is 0. The Balaban J connectivity index is 1.67. The van der Waals surface area contributed by atoms with E-state index in [1.807, 2.05) is 11.1 Å². The van der Waals surface area contributed by atoms with Crippen molar-refractivity contribution in [3.8, 4) is 0 Å². The summed E-state index contributed by atoms with van der Waals surface area (Å²) in [7, 11) is 0. The molecule has 3 aliphatic rings. The van der Waals surface area contributed by atoms with Gasteiger partial charge in [-0.2, -0.15) is 0 Å². The van der Waals surface area contributed by atoms with E-state index in [0.29, 0.717) is 5.92 Å². The van der Waals surface area contributed by atoms with Crippen molar-refractivity contribution in [3.05, 3.63) is 34.9 Å². The SMILES string of the molecule is C=C(C)C1CC(C)C=C(CC2CC3=C(CC3)C2)C1C. The maximum Gasteiger partial charge on any atom is -0.0140 e. The van der Waals surface area contributed by atoms with Gasteiger partial charge >= 0.3 is 0 Å². The van der Waals surface area contributed by atoms with Crippen LogP contribution in [-0.4, -0.2) is 0 Å². The molecule has 0 bridgehead atoms. The third-order valence-corrected chi connectivity index (χ3v) is 5.77. The Morgan fingerprint density at radius 1 is 1.21 bits per heavy atom. The molecule has 0 aromatic carbocycles. The van der Waals surface area contributed by atoms with E-state index in [1.54, 1.807) is 5.57 Å². The van der Waals surface area contributed by atoms with E-state index in [2.05, 4.69) is 33.4 Å². The molecule has 0 amide bonds. The van der Waals surface area contributed by atoms with Gasteiger partial charge in [0.25, 0.3) is 0 Å². The van der Waals surface area contributed by atoms with Crippen LogP contribution in [0.5, 0.6) is 0 Å². The molecule has 0 radical (unpaired) electrons. The highest BCUT2D eigenvalue weighted by Gasteiger charge is 2.33. The third-order valence-electron chi connectivity index (χ3n) is 5.77. The van der Waals surface area contributed by atoms with Crippen LogP contribution in [0.3, 0.4) is 0 Å². The predicted molar refractivity (Wildman–Crippen MR) is 82.9 cm³/mol. The molecular weight excluding hydrogens is 228 g/mol. The minimum Gasteiger partial charge on any atom is -0.0998 e. The molecule has 104 valence electrons. The second-order valence-corrected chi connectivity index (χ2v) is 7.38. The van der Waals surface area contributed by atoms with Crippen LogP contribution < -0.4 is 0 Å². The van der Waals surface area contributed by atoms with Crippen molar-refractivity contribution in [2.24, 2.45) is 23.7 Å². The molecule has 0 heteroatoms. The fraction of sp³-hybridized carbons (Fsp3) is 0.684. The van der Waals surface area contributed by atoms with Gasteiger partial charge < -0.3 is 0 Å². The summed E-state index contributed by atoms with van der Waals surface area (Å²) in [6, 6.07) is 0. The van der Waals surface area contributed by atoms with E-state index in [4.69, 9.17) is 0 Å². The molecule has 3 atom stereocenters. The Morgan fingerprint density at radius 3 is 2.37 bits per heavy atom. The quantitative estimate of drug-likeness (QED) is 0.571. The van der Waals surface area contributed by atoms with Crippen molar-refractivity contribution < 1.29 is 0 Å². The molecule has 0 spiro atoms. The number of hydrogen-bond donors (Lipinski definition) is 0. The van der Waals surface area contributed by atoms with Crippen LogP contribution >= 0.6 is 0 Å². The van der Waals surface area contributed by atoms with Gasteiger partial charge in [0, 0.05) is 0 Å². The lowest BCUT2D eigenvalue weighted by Gasteiger charge is -2.34. The van der Waals surface area contributed by atoms with Crippen LogP contribution in [0.1, 0.15) is 59.3 Å². The first kappa shape index (κ1) is 13.2. The number of rotatable bonds is 3. The summed E-state index contributed by atoms with van der Waals surface area (Å²) in [6.45, 7) is 11.3. The Kier molecular flexibility index (Phi) is 3.45. The normalized spacial score (nSPS) is 34.9. The van der Waals surface area contributed by atoms with Crippen LogP contribution in [0, 0.1) is 23.7 Å². The number of allylic oxidation sites excluding steroid dienone is 5. The number of hydrogen-bond acceptors (Lipinski definition) is 0. The summed E-state index contributed by atoms with van der Waals surface area (Å²) in [6.07, 6.45) is 10.9. The van der Waals surface area contributed by atoms with Gasteiger partial charge in [-0.15, -0.1) is 0 Å². The van der Waals surface area contributed by atoms with Crippen LogP contribution in [0.25, 0.3) is 0 Å². The fourth-order valence-electron chi connectivity index (χ4n) is 4.55. The van der Waals surface area contributed by atoms with Crippen LogP contribution in [0.15, 0.2) is 34.9 Å². The van der Waals surface area contributed by atoms with Gasteiger partial charge in [-0.05, 0) is 69.1 Å². The van der Waals surface area contributed by atoms with E-state index in [9.17, 15) is 0 Å². The van der Waals surface area contributed by atoms with Crippen LogP contribution in [0.2, 0.25) is 0 Å². The highest BCUT2D eigenvalue weighted by Crippen LogP contribution is 2.48. The van der Waals surface area contributed by atoms with Gasteiger partial charge in [0.05, 0.1) is 0 Å². The minimum absolute atomic E-state index is 0.716. The topological polar surface area (TPSA) is 0 Å². The van der Waals surface area contributed by atoms with Gasteiger partial charge in [-0.25, -0.2) is 0 Å². The average Bonchev–Trinajstić information content (AvgIpc) is 2.60. The van der Waals surface area contributed by atoms with Gasteiger partial charge in [0.2, 0.25) is 0 Å². The zero-order valence-electron chi connectivity index (χ0n) is 12.8. The maximum atomic E-state index is 4.23. The predicted octanol–water partition coefficient (Wildman–Crippen LogP) is 5.67. The van der Waals surface area contributed by atoms with Crippen molar-refractivity contribution in [2.75, 3.05) is 0 Å². The third kappa shape index (κ3) is 2.47. The van der Waals surface area contributed by atoms with Crippen LogP contribution in [-0.2, 0) is 0 Å². The van der Waals surface area contributed by atoms with Crippen LogP contribution in [0.4, 0.5) is 0 Å². The van der Waals surface area contributed by atoms with E-state index in [0.717, 1.165) is 17.8 Å². The molecule has 19 heavy (non-hydrogen) atoms. The molecule has 0 aromatic rings. The van der Waals surface area contributed by atoms with Crippen molar-refractivity contribution in [2.45, 2.75) is 59.3 Å². The lowest BCUT2D eigenvalue weighted by molar-refractivity contribution is 0.345. The summed E-state index contributed by atoms with van der Waals surface area (Å²) in [5.41, 5.74) is 6.76. The molecule has 0 aromatic heterocycles. The Bertz CT molecular complexity index is 433.